The summed E-state index contributed by atoms with van der Waals surface area (Å²) < 4.78 is 41.9. The summed E-state index contributed by atoms with van der Waals surface area (Å²) in [5.41, 5.74) is 3.12. The molecule has 0 aromatic heterocycles. The van der Waals surface area contributed by atoms with Crippen molar-refractivity contribution in [3.63, 3.8) is 0 Å². The van der Waals surface area contributed by atoms with Crippen molar-refractivity contribution < 1.29 is 12.8 Å². The topological polar surface area (TPSA) is 37.4 Å². The Hall–Kier alpha value is -2.02. The zero-order chi connectivity index (χ0) is 20.3. The number of rotatable bonds is 3. The van der Waals surface area contributed by atoms with Gasteiger partial charge >= 0.3 is 0 Å². The van der Waals surface area contributed by atoms with E-state index in [-0.39, 0.29) is 5.82 Å². The molecule has 0 aliphatic carbocycles. The fourth-order valence-corrected chi connectivity index (χ4v) is 7.65. The van der Waals surface area contributed by atoms with Crippen molar-refractivity contribution >= 4 is 34.1 Å². The molecular formula is C22H24FNO2SSi. The van der Waals surface area contributed by atoms with Crippen LogP contribution in [0.3, 0.4) is 0 Å². The molecule has 1 aliphatic rings. The molecule has 146 valence electrons. The monoisotopic (exact) mass is 413 g/mol. The van der Waals surface area contributed by atoms with Crippen molar-refractivity contribution in [2.45, 2.75) is 44.5 Å². The lowest BCUT2D eigenvalue weighted by molar-refractivity contribution is 0.432. The minimum Gasteiger partial charge on any atom is -0.207 e. The van der Waals surface area contributed by atoms with E-state index in [2.05, 4.69) is 19.6 Å². The average molecular weight is 414 g/mol. The Morgan fingerprint density at radius 1 is 0.964 bits per heavy atom. The summed E-state index contributed by atoms with van der Waals surface area (Å²) in [5, 5.41) is 3.07. The predicted molar refractivity (Wildman–Crippen MR) is 114 cm³/mol. The van der Waals surface area contributed by atoms with Crippen molar-refractivity contribution in [2.75, 3.05) is 0 Å². The summed E-state index contributed by atoms with van der Waals surface area (Å²) in [6.45, 7) is 9.32. The number of fused-ring (bicyclic) bond motifs is 2. The number of nitrogens with zero attached hydrogens (tertiary/aromatic N) is 1. The zero-order valence-electron chi connectivity index (χ0n) is 16.6. The van der Waals surface area contributed by atoms with Crippen molar-refractivity contribution in [3.8, 4) is 0 Å². The van der Waals surface area contributed by atoms with Crippen molar-refractivity contribution in [3.05, 3.63) is 71.0 Å². The molecule has 1 heterocycles. The summed E-state index contributed by atoms with van der Waals surface area (Å²) in [7, 11) is -5.42. The number of hydrogen-bond donors (Lipinski definition) is 0. The largest absolute Gasteiger partial charge is 0.243 e. The summed E-state index contributed by atoms with van der Waals surface area (Å²) in [4.78, 5) is 0.316. The second-order valence-electron chi connectivity index (χ2n) is 8.59. The highest BCUT2D eigenvalue weighted by molar-refractivity contribution is 7.89. The van der Waals surface area contributed by atoms with E-state index >= 15 is 0 Å². The normalized spacial score (nSPS) is 15.2. The Morgan fingerprint density at radius 3 is 2.29 bits per heavy atom. The number of benzene rings is 3. The molecule has 0 N–H and O–H groups in total. The van der Waals surface area contributed by atoms with Gasteiger partial charge in [0, 0.05) is 13.1 Å². The van der Waals surface area contributed by atoms with E-state index < -0.39 is 18.1 Å². The van der Waals surface area contributed by atoms with Crippen LogP contribution in [0.4, 0.5) is 4.39 Å². The van der Waals surface area contributed by atoms with E-state index in [9.17, 15) is 12.8 Å². The van der Waals surface area contributed by atoms with Crippen molar-refractivity contribution in [1.29, 1.82) is 0 Å². The second kappa shape index (κ2) is 6.51. The van der Waals surface area contributed by atoms with E-state index in [0.717, 1.165) is 27.5 Å². The number of sulfonamides is 1. The molecule has 6 heteroatoms. The van der Waals surface area contributed by atoms with Gasteiger partial charge in [0.25, 0.3) is 0 Å². The Balaban J connectivity index is 1.86. The third-order valence-corrected chi connectivity index (χ3v) is 9.27. The van der Waals surface area contributed by atoms with Crippen LogP contribution >= 0.6 is 0 Å². The minimum absolute atomic E-state index is 0.255. The first-order chi connectivity index (χ1) is 13.1. The summed E-state index contributed by atoms with van der Waals surface area (Å²) >= 11 is 0. The van der Waals surface area contributed by atoms with Crippen LogP contribution in [0.15, 0.2) is 53.4 Å². The van der Waals surface area contributed by atoms with Gasteiger partial charge in [0.05, 0.1) is 13.0 Å². The highest BCUT2D eigenvalue weighted by Crippen LogP contribution is 2.32. The van der Waals surface area contributed by atoms with Crippen LogP contribution < -0.4 is 5.19 Å². The molecule has 0 radical (unpaired) electrons. The zero-order valence-corrected chi connectivity index (χ0v) is 18.4. The van der Waals surface area contributed by atoms with Gasteiger partial charge < -0.3 is 0 Å². The molecule has 28 heavy (non-hydrogen) atoms. The summed E-state index contributed by atoms with van der Waals surface area (Å²) in [6.07, 6.45) is 0. The van der Waals surface area contributed by atoms with Gasteiger partial charge in [-0.05, 0) is 64.3 Å². The molecule has 3 nitrogen and oxygen atoms in total. The lowest BCUT2D eigenvalue weighted by Gasteiger charge is -2.23. The summed E-state index contributed by atoms with van der Waals surface area (Å²) in [5.74, 6) is -0.255. The Kier molecular flexibility index (Phi) is 4.48. The SMILES string of the molecule is Cc1ccc(S(=O)(=O)N2Cc3cc4ccc(F)cc4c([Si](C)(C)C)c3C2)cc1. The molecule has 4 rings (SSSR count). The van der Waals surface area contributed by atoms with Gasteiger partial charge in [-0.1, -0.05) is 43.4 Å². The molecule has 0 saturated heterocycles. The number of hydrogen-bond acceptors (Lipinski definition) is 2. The molecule has 0 bridgehead atoms. The van der Waals surface area contributed by atoms with Crippen molar-refractivity contribution in [1.82, 2.24) is 4.31 Å². The first-order valence-electron chi connectivity index (χ1n) is 9.39. The van der Waals surface area contributed by atoms with Gasteiger partial charge in [-0.25, -0.2) is 12.8 Å². The Labute approximate surface area is 166 Å². The number of halogens is 1. The van der Waals surface area contributed by atoms with Crippen LogP contribution in [0.25, 0.3) is 10.8 Å². The van der Waals surface area contributed by atoms with E-state index in [4.69, 9.17) is 0 Å². The van der Waals surface area contributed by atoms with Crippen LogP contribution in [0.1, 0.15) is 16.7 Å². The minimum atomic E-state index is -3.58. The Bertz CT molecular complexity index is 1180. The van der Waals surface area contributed by atoms with Gasteiger partial charge in [0.15, 0.2) is 0 Å². The molecule has 0 atom stereocenters. The fraction of sp³-hybridized carbons (Fsp3) is 0.273. The number of aryl methyl sites for hydroxylation is 1. The third kappa shape index (κ3) is 3.19. The molecule has 0 amide bonds. The van der Waals surface area contributed by atoms with Gasteiger partial charge in [0.1, 0.15) is 5.82 Å². The van der Waals surface area contributed by atoms with Crippen LogP contribution in [0.5, 0.6) is 0 Å². The van der Waals surface area contributed by atoms with E-state index in [1.807, 2.05) is 25.1 Å². The molecule has 0 fully saturated rings. The van der Waals surface area contributed by atoms with Gasteiger partial charge in [-0.3, -0.25) is 0 Å². The maximum Gasteiger partial charge on any atom is 0.243 e. The predicted octanol–water partition coefficient (Wildman–Crippen LogP) is 4.54. The quantitative estimate of drug-likeness (QED) is 0.591. The third-order valence-electron chi connectivity index (χ3n) is 5.39. The van der Waals surface area contributed by atoms with Crippen LogP contribution in [0, 0.1) is 12.7 Å². The van der Waals surface area contributed by atoms with E-state index in [1.165, 1.54) is 11.3 Å². The van der Waals surface area contributed by atoms with Crippen LogP contribution in [-0.2, 0) is 23.1 Å². The molecule has 0 spiro atoms. The second-order valence-corrected chi connectivity index (χ2v) is 15.5. The molecule has 3 aromatic rings. The smallest absolute Gasteiger partial charge is 0.207 e. The standard InChI is InChI=1S/C22H24FNO2SSi/c1-15-5-9-19(10-6-15)27(25,26)24-13-17-11-16-7-8-18(23)12-20(16)22(21(17)14-24)28(2,3)4/h5-12H,13-14H2,1-4H3. The van der Waals surface area contributed by atoms with E-state index in [1.54, 1.807) is 28.6 Å². The maximum atomic E-state index is 14.0. The van der Waals surface area contributed by atoms with Crippen LogP contribution in [-0.4, -0.2) is 20.8 Å². The molecule has 3 aromatic carbocycles. The molecule has 0 saturated carbocycles. The van der Waals surface area contributed by atoms with Gasteiger partial charge in [-0.2, -0.15) is 4.31 Å². The first-order valence-corrected chi connectivity index (χ1v) is 14.3. The lowest BCUT2D eigenvalue weighted by atomic mass is 10.0. The molecular weight excluding hydrogens is 389 g/mol. The average Bonchev–Trinajstić information content (AvgIpc) is 3.03. The van der Waals surface area contributed by atoms with E-state index in [0.29, 0.717) is 18.0 Å². The Morgan fingerprint density at radius 2 is 1.64 bits per heavy atom. The summed E-state index contributed by atoms with van der Waals surface area (Å²) in [6, 6.07) is 13.9. The maximum absolute atomic E-state index is 14.0. The lowest BCUT2D eigenvalue weighted by Crippen LogP contribution is -2.41. The first kappa shape index (κ1) is 19.3. The highest BCUT2D eigenvalue weighted by atomic mass is 32.2. The van der Waals surface area contributed by atoms with Crippen molar-refractivity contribution in [2.24, 2.45) is 0 Å². The van der Waals surface area contributed by atoms with Gasteiger partial charge in [0.2, 0.25) is 10.0 Å². The van der Waals surface area contributed by atoms with Crippen LogP contribution in [0.2, 0.25) is 19.6 Å². The fourth-order valence-electron chi connectivity index (χ4n) is 4.10. The van der Waals surface area contributed by atoms with Gasteiger partial charge in [-0.15, -0.1) is 0 Å². The molecule has 0 unspecified atom stereocenters. The molecule has 1 aliphatic heterocycles. The highest BCUT2D eigenvalue weighted by Gasteiger charge is 2.35.